The standard InChI is InChI=1S/C18H32N4O.HI/c1-5-23-14-10-9-13-20-18(19-2)21-15-17(22(3)4)16-11-7-6-8-12-16;/h6-8,11-12,17H,5,9-10,13-15H2,1-4H3,(H2,19,20,21);1H. The highest BCUT2D eigenvalue weighted by atomic mass is 127. The van der Waals surface area contributed by atoms with Crippen LogP contribution in [0, 0.1) is 0 Å². The van der Waals surface area contributed by atoms with Crippen LogP contribution in [0.1, 0.15) is 31.4 Å². The van der Waals surface area contributed by atoms with Crippen molar-refractivity contribution in [1.29, 1.82) is 0 Å². The summed E-state index contributed by atoms with van der Waals surface area (Å²) in [5.41, 5.74) is 1.30. The van der Waals surface area contributed by atoms with Gasteiger partial charge >= 0.3 is 0 Å². The van der Waals surface area contributed by atoms with Crippen molar-refractivity contribution >= 4 is 29.9 Å². The van der Waals surface area contributed by atoms with E-state index in [1.807, 2.05) is 20.0 Å². The van der Waals surface area contributed by atoms with Gasteiger partial charge in [0, 0.05) is 33.4 Å². The molecule has 0 radical (unpaired) electrons. The average Bonchev–Trinajstić information content (AvgIpc) is 2.57. The molecule has 2 N–H and O–H groups in total. The van der Waals surface area contributed by atoms with Gasteiger partial charge in [-0.2, -0.15) is 0 Å². The van der Waals surface area contributed by atoms with Crippen LogP contribution in [0.5, 0.6) is 0 Å². The number of halogens is 1. The van der Waals surface area contributed by atoms with Gasteiger partial charge in [-0.25, -0.2) is 0 Å². The molecule has 0 saturated carbocycles. The van der Waals surface area contributed by atoms with E-state index in [9.17, 15) is 0 Å². The summed E-state index contributed by atoms with van der Waals surface area (Å²) in [5, 5.41) is 6.77. The van der Waals surface area contributed by atoms with E-state index >= 15 is 0 Å². The molecule has 0 aliphatic heterocycles. The lowest BCUT2D eigenvalue weighted by Crippen LogP contribution is -2.42. The molecule has 0 aliphatic rings. The number of ether oxygens (including phenoxy) is 1. The Morgan fingerprint density at radius 3 is 2.46 bits per heavy atom. The molecule has 0 saturated heterocycles. The third kappa shape index (κ3) is 9.44. The van der Waals surface area contributed by atoms with Crippen molar-refractivity contribution in [3.8, 4) is 0 Å². The average molecular weight is 448 g/mol. The Hall–Kier alpha value is -0.860. The van der Waals surface area contributed by atoms with E-state index in [-0.39, 0.29) is 24.0 Å². The molecule has 5 nitrogen and oxygen atoms in total. The van der Waals surface area contributed by atoms with E-state index < -0.39 is 0 Å². The van der Waals surface area contributed by atoms with E-state index in [0.29, 0.717) is 6.04 Å². The Morgan fingerprint density at radius 1 is 1.17 bits per heavy atom. The molecule has 0 heterocycles. The second kappa shape index (κ2) is 14.5. The van der Waals surface area contributed by atoms with Crippen LogP contribution in [0.25, 0.3) is 0 Å². The van der Waals surface area contributed by atoms with Crippen LogP contribution in [-0.2, 0) is 4.74 Å². The molecule has 1 rings (SSSR count). The van der Waals surface area contributed by atoms with Gasteiger partial charge in [0.1, 0.15) is 0 Å². The number of nitrogens with zero attached hydrogens (tertiary/aromatic N) is 2. The first-order valence-electron chi connectivity index (χ1n) is 8.42. The summed E-state index contributed by atoms with van der Waals surface area (Å²) in [4.78, 5) is 6.51. The summed E-state index contributed by atoms with van der Waals surface area (Å²) < 4.78 is 5.34. The third-order valence-corrected chi connectivity index (χ3v) is 3.71. The molecule has 138 valence electrons. The fourth-order valence-electron chi connectivity index (χ4n) is 2.37. The fourth-order valence-corrected chi connectivity index (χ4v) is 2.37. The summed E-state index contributed by atoms with van der Waals surface area (Å²) in [7, 11) is 6.01. The van der Waals surface area contributed by atoms with Gasteiger partial charge in [0.05, 0.1) is 6.04 Å². The van der Waals surface area contributed by atoms with Crippen LogP contribution >= 0.6 is 24.0 Å². The van der Waals surface area contributed by atoms with Gasteiger partial charge in [-0.3, -0.25) is 4.99 Å². The minimum Gasteiger partial charge on any atom is -0.382 e. The molecular formula is C18H33IN4O. The molecule has 24 heavy (non-hydrogen) atoms. The van der Waals surface area contributed by atoms with Crippen LogP contribution in [0.3, 0.4) is 0 Å². The zero-order chi connectivity index (χ0) is 16.9. The number of rotatable bonds is 10. The molecule has 0 bridgehead atoms. The van der Waals surface area contributed by atoms with Gasteiger partial charge in [0.2, 0.25) is 0 Å². The monoisotopic (exact) mass is 448 g/mol. The normalized spacial score (nSPS) is 12.6. The first-order chi connectivity index (χ1) is 11.2. The zero-order valence-corrected chi connectivity index (χ0v) is 17.7. The van der Waals surface area contributed by atoms with Crippen molar-refractivity contribution < 1.29 is 4.74 Å². The summed E-state index contributed by atoms with van der Waals surface area (Å²) in [6.45, 7) is 5.38. The molecule has 0 aliphatic carbocycles. The van der Waals surface area contributed by atoms with Gasteiger partial charge in [0.25, 0.3) is 0 Å². The Balaban J connectivity index is 0.00000529. The maximum atomic E-state index is 5.34. The summed E-state index contributed by atoms with van der Waals surface area (Å²) in [6, 6.07) is 10.8. The molecule has 1 unspecified atom stereocenters. The van der Waals surface area contributed by atoms with E-state index in [1.165, 1.54) is 5.56 Å². The largest absolute Gasteiger partial charge is 0.382 e. The first kappa shape index (κ1) is 23.1. The van der Waals surface area contributed by atoms with Crippen LogP contribution in [-0.4, -0.2) is 58.3 Å². The number of benzene rings is 1. The zero-order valence-electron chi connectivity index (χ0n) is 15.4. The molecule has 0 fully saturated rings. The van der Waals surface area contributed by atoms with E-state index in [0.717, 1.165) is 45.1 Å². The summed E-state index contributed by atoms with van der Waals surface area (Å²) in [5.74, 6) is 0.851. The molecule has 0 amide bonds. The van der Waals surface area contributed by atoms with E-state index in [1.54, 1.807) is 0 Å². The molecular weight excluding hydrogens is 415 g/mol. The SMILES string of the molecule is CCOCCCCNC(=NC)NCC(c1ccccc1)N(C)C.I. The minimum atomic E-state index is 0. The van der Waals surface area contributed by atoms with Crippen molar-refractivity contribution in [1.82, 2.24) is 15.5 Å². The Morgan fingerprint density at radius 2 is 1.88 bits per heavy atom. The van der Waals surface area contributed by atoms with Crippen molar-refractivity contribution in [2.24, 2.45) is 4.99 Å². The molecule has 0 spiro atoms. The van der Waals surface area contributed by atoms with Gasteiger partial charge in [-0.15, -0.1) is 24.0 Å². The Labute approximate surface area is 164 Å². The molecule has 0 aromatic heterocycles. The lowest BCUT2D eigenvalue weighted by atomic mass is 10.1. The number of hydrogen-bond donors (Lipinski definition) is 2. The Bertz CT molecular complexity index is 440. The van der Waals surface area contributed by atoms with Crippen LogP contribution in [0.2, 0.25) is 0 Å². The number of aliphatic imine (C=N–C) groups is 1. The highest BCUT2D eigenvalue weighted by Crippen LogP contribution is 2.16. The lowest BCUT2D eigenvalue weighted by Gasteiger charge is -2.26. The Kier molecular flexibility index (Phi) is 14.0. The van der Waals surface area contributed by atoms with Gasteiger partial charge in [-0.05, 0) is 39.4 Å². The van der Waals surface area contributed by atoms with Crippen molar-refractivity contribution in [3.63, 3.8) is 0 Å². The number of likely N-dealkylation sites (N-methyl/N-ethyl adjacent to an activating group) is 1. The lowest BCUT2D eigenvalue weighted by molar-refractivity contribution is 0.143. The maximum Gasteiger partial charge on any atom is 0.191 e. The quantitative estimate of drug-likeness (QED) is 0.250. The smallest absolute Gasteiger partial charge is 0.191 e. The highest BCUT2D eigenvalue weighted by molar-refractivity contribution is 14.0. The van der Waals surface area contributed by atoms with Gasteiger partial charge in [-0.1, -0.05) is 30.3 Å². The second-order valence-corrected chi connectivity index (χ2v) is 5.67. The predicted molar refractivity (Wildman–Crippen MR) is 113 cm³/mol. The molecule has 1 aromatic rings. The summed E-state index contributed by atoms with van der Waals surface area (Å²) in [6.07, 6.45) is 2.15. The molecule has 1 atom stereocenters. The highest BCUT2D eigenvalue weighted by Gasteiger charge is 2.13. The van der Waals surface area contributed by atoms with Crippen LogP contribution < -0.4 is 10.6 Å². The maximum absolute atomic E-state index is 5.34. The van der Waals surface area contributed by atoms with Crippen LogP contribution in [0.4, 0.5) is 0 Å². The van der Waals surface area contributed by atoms with Gasteiger partial charge < -0.3 is 20.3 Å². The van der Waals surface area contributed by atoms with Crippen molar-refractivity contribution in [2.75, 3.05) is 47.4 Å². The van der Waals surface area contributed by atoms with Crippen LogP contribution in [0.15, 0.2) is 35.3 Å². The molecule has 1 aromatic carbocycles. The van der Waals surface area contributed by atoms with Crippen molar-refractivity contribution in [3.05, 3.63) is 35.9 Å². The summed E-state index contributed by atoms with van der Waals surface area (Å²) >= 11 is 0. The minimum absolute atomic E-state index is 0. The molecule has 6 heteroatoms. The third-order valence-electron chi connectivity index (χ3n) is 3.71. The first-order valence-corrected chi connectivity index (χ1v) is 8.42. The van der Waals surface area contributed by atoms with E-state index in [2.05, 4.69) is 58.9 Å². The van der Waals surface area contributed by atoms with Crippen molar-refractivity contribution in [2.45, 2.75) is 25.8 Å². The fraction of sp³-hybridized carbons (Fsp3) is 0.611. The number of guanidine groups is 1. The number of nitrogens with one attached hydrogen (secondary N) is 2. The number of hydrogen-bond acceptors (Lipinski definition) is 3. The topological polar surface area (TPSA) is 48.9 Å². The number of unbranched alkanes of at least 4 members (excludes halogenated alkanes) is 1. The predicted octanol–water partition coefficient (Wildman–Crippen LogP) is 2.89. The van der Waals surface area contributed by atoms with E-state index in [4.69, 9.17) is 4.74 Å². The second-order valence-electron chi connectivity index (χ2n) is 5.67. The van der Waals surface area contributed by atoms with Gasteiger partial charge in [0.15, 0.2) is 5.96 Å².